The zero-order valence-corrected chi connectivity index (χ0v) is 85.3. The van der Waals surface area contributed by atoms with Gasteiger partial charge in [-0.05, 0) is 197 Å². The number of aromatic amines is 1. The Bertz CT molecular complexity index is 7180. The number of methoxy groups -OCH3 is 1. The second-order valence-corrected chi connectivity index (χ2v) is 43.6. The summed E-state index contributed by atoms with van der Waals surface area (Å²) in [4.78, 5) is 11.5. The third-order valence-corrected chi connectivity index (χ3v) is 25.2. The molecule has 22 nitrogen and oxygen atoms in total. The molecule has 0 atom stereocenters. The molecule has 1 saturated carbocycles. The molecule has 11 heterocycles. The Morgan fingerprint density at radius 1 is 0.444 bits per heavy atom. The predicted octanol–water partition coefficient (Wildman–Crippen LogP) is 25.0. The number of carbonyl (C=O) groups is 1. The average molecular weight is 1790 g/mol. The standard InChI is InChI=1S/C17H22N4O.C17H21N3.C16H20N4.C16H23N.C15H18N4.C15H20N2.C15H19NO2/c1-17(2,3)13-5-6-15-14(9-13)16(19-21(15)7-8-22)12-10-18-20(4)11-12;1-17(2,3)16-9-13-7-6-12(8-15(13)20(16)5)14-10-18-19(4)11-14;1-16(2,3)12-6-7-14-13(8-12)15(18-20(14)5)11-9-17-19(4)10-11;1-11(2)15-12(3)13-9-7-8-10-14(13)17(15)16(4,5)6;1-15(2,3)11-5-6-13-12(7-11)14(18-17-13)10-8-16-19(4)9-10;1-15(2,3)11-7-8-13-12(9-11)14(10-5-6-10)16-17(13)4;1-15(2,3)12-9-16(4)13-8-10(14(17)18-5)6-7-11(12)13/h5-6,9-11,22H,7-8H2,1-4H3;6-11H,1-5H3;6-10H,1-5H3;7-11H,1-6H3;5-9H,1-4H3,(H,17,18);7-10H,5-6H2,1-4H3;6-9H,1-5H3. The molecule has 133 heavy (non-hydrogen) atoms. The molecular weight excluding hydrogens is 1650 g/mol. The lowest BCUT2D eigenvalue weighted by Crippen LogP contribution is -2.24. The zero-order chi connectivity index (χ0) is 97.0. The minimum atomic E-state index is -0.296. The molecule has 700 valence electrons. The maximum absolute atomic E-state index is 11.5. The monoisotopic (exact) mass is 1790 g/mol. The quantitative estimate of drug-likeness (QED) is 0.130. The molecule has 0 spiro atoms. The summed E-state index contributed by atoms with van der Waals surface area (Å²) in [7, 11) is 17.3. The van der Waals surface area contributed by atoms with Crippen molar-refractivity contribution in [1.29, 1.82) is 0 Å². The van der Waals surface area contributed by atoms with Gasteiger partial charge < -0.3 is 23.5 Å². The van der Waals surface area contributed by atoms with Gasteiger partial charge in [-0.1, -0.05) is 199 Å². The SMILES string of the molecule is COC(=O)c1ccc2c(C(C)(C)C)cn(C)c2c1.Cc1c(C(C)C)n(C(C)(C)C)c2ccccc12.Cn1cc(-c2ccc3cc(C(C)(C)C)n(C)c3c2)cn1.Cn1cc(-c2n[nH]c3ccc(C(C)(C)C)cc23)cn1.Cn1cc(-c2nn(C)c3ccc(C(C)(C)C)cc23)cn1.Cn1cc(-c2nn(CCO)c3ccc(C(C)(C)C)cc23)cn1.Cn1nc(C2CC2)c2cc(C(C)(C)C)ccc21. The average Bonchev–Trinajstić information content (AvgIpc) is 1.60. The van der Waals surface area contributed by atoms with Crippen LogP contribution in [0.4, 0.5) is 0 Å². The summed E-state index contributed by atoms with van der Waals surface area (Å²) in [6.07, 6.45) is 20.2. The van der Waals surface area contributed by atoms with E-state index >= 15 is 0 Å². The maximum Gasteiger partial charge on any atom is 0.337 e. The van der Waals surface area contributed by atoms with Crippen LogP contribution in [0, 0.1) is 6.92 Å². The molecule has 22 heteroatoms. The molecule has 7 aromatic carbocycles. The number of aromatic nitrogens is 19. The van der Waals surface area contributed by atoms with Crippen molar-refractivity contribution in [3.63, 3.8) is 0 Å². The topological polar surface area (TPSA) is 215 Å². The molecule has 1 fully saturated rings. The van der Waals surface area contributed by atoms with E-state index in [9.17, 15) is 9.90 Å². The number of esters is 1. The highest BCUT2D eigenvalue weighted by Crippen LogP contribution is 2.45. The number of para-hydroxylation sites is 1. The van der Waals surface area contributed by atoms with Gasteiger partial charge in [0.15, 0.2) is 0 Å². The van der Waals surface area contributed by atoms with E-state index in [1.165, 1.54) is 119 Å². The molecule has 11 aromatic heterocycles. The molecule has 0 bridgehead atoms. The fourth-order valence-corrected chi connectivity index (χ4v) is 17.7. The van der Waals surface area contributed by atoms with Crippen LogP contribution < -0.4 is 0 Å². The Morgan fingerprint density at radius 2 is 0.925 bits per heavy atom. The number of carbonyl (C=O) groups excluding carboxylic acids is 1. The van der Waals surface area contributed by atoms with Crippen molar-refractivity contribution in [2.24, 2.45) is 56.4 Å². The van der Waals surface area contributed by atoms with E-state index in [1.54, 1.807) is 9.36 Å². The van der Waals surface area contributed by atoms with E-state index in [-0.39, 0.29) is 50.6 Å². The van der Waals surface area contributed by atoms with E-state index in [0.29, 0.717) is 23.9 Å². The minimum absolute atomic E-state index is 0.0737. The number of aliphatic hydroxyl groups excluding tert-OH is 1. The second-order valence-electron chi connectivity index (χ2n) is 43.6. The van der Waals surface area contributed by atoms with Crippen LogP contribution in [0.1, 0.15) is 245 Å². The number of ether oxygens (including phenoxy) is 1. The summed E-state index contributed by atoms with van der Waals surface area (Å²) in [5.41, 5.74) is 30.3. The summed E-state index contributed by atoms with van der Waals surface area (Å²) in [5, 5.41) is 56.5. The summed E-state index contributed by atoms with van der Waals surface area (Å²) in [6.45, 7) is 54.3. The van der Waals surface area contributed by atoms with Crippen molar-refractivity contribution < 1.29 is 14.6 Å². The van der Waals surface area contributed by atoms with Crippen molar-refractivity contribution >= 4 is 82.3 Å². The Balaban J connectivity index is 0.000000132. The Labute approximate surface area is 786 Å². The van der Waals surface area contributed by atoms with Gasteiger partial charge in [-0.2, -0.15) is 40.8 Å². The number of nitrogens with zero attached hydrogens (tertiary/aromatic N) is 18. The van der Waals surface area contributed by atoms with Gasteiger partial charge in [0, 0.05) is 187 Å². The number of hydrogen-bond donors (Lipinski definition) is 2. The number of nitrogens with one attached hydrogen (secondary N) is 1. The first-order valence-electron chi connectivity index (χ1n) is 46.6. The third kappa shape index (κ3) is 21.7. The van der Waals surface area contributed by atoms with Gasteiger partial charge in [-0.25, -0.2) is 4.79 Å². The van der Waals surface area contributed by atoms with Crippen LogP contribution in [-0.4, -0.2) is 117 Å². The number of rotatable bonds is 9. The number of aryl methyl sites for hydroxylation is 9. The largest absolute Gasteiger partial charge is 0.465 e. The Morgan fingerprint density at radius 3 is 1.41 bits per heavy atom. The highest BCUT2D eigenvalue weighted by Gasteiger charge is 2.31. The van der Waals surface area contributed by atoms with Crippen molar-refractivity contribution in [1.82, 2.24) is 92.4 Å². The van der Waals surface area contributed by atoms with Crippen LogP contribution in [0.15, 0.2) is 195 Å². The first kappa shape index (κ1) is 97.8. The van der Waals surface area contributed by atoms with Gasteiger partial charge in [0.2, 0.25) is 0 Å². The summed E-state index contributed by atoms with van der Waals surface area (Å²) in [6, 6.07) is 49.7. The van der Waals surface area contributed by atoms with Crippen molar-refractivity contribution in [2.45, 2.75) is 235 Å². The fourth-order valence-electron chi connectivity index (χ4n) is 17.7. The number of benzene rings is 7. The van der Waals surface area contributed by atoms with E-state index < -0.39 is 0 Å². The van der Waals surface area contributed by atoms with Gasteiger partial charge >= 0.3 is 5.97 Å². The first-order chi connectivity index (χ1) is 62.2. The Hall–Kier alpha value is -12.7. The zero-order valence-electron chi connectivity index (χ0n) is 85.3. The van der Waals surface area contributed by atoms with Crippen LogP contribution in [0.2, 0.25) is 0 Å². The lowest BCUT2D eigenvalue weighted by molar-refractivity contribution is 0.0600. The molecule has 0 saturated heterocycles. The van der Waals surface area contributed by atoms with E-state index in [4.69, 9.17) is 9.84 Å². The number of H-pyrrole nitrogens is 1. The summed E-state index contributed by atoms with van der Waals surface area (Å²) in [5.74, 6) is 0.978. The van der Waals surface area contributed by atoms with Gasteiger partial charge in [0.25, 0.3) is 0 Å². The minimum Gasteiger partial charge on any atom is -0.465 e. The van der Waals surface area contributed by atoms with E-state index in [0.717, 1.165) is 72.2 Å². The van der Waals surface area contributed by atoms with E-state index in [2.05, 4.69) is 361 Å². The normalized spacial score (nSPS) is 12.8. The van der Waals surface area contributed by atoms with Crippen molar-refractivity contribution in [3.05, 3.63) is 251 Å². The molecule has 18 aromatic rings. The molecule has 2 N–H and O–H groups in total. The molecule has 0 unspecified atom stereocenters. The first-order valence-corrected chi connectivity index (χ1v) is 46.6. The maximum atomic E-state index is 11.5. The highest BCUT2D eigenvalue weighted by molar-refractivity contribution is 5.98. The van der Waals surface area contributed by atoms with Crippen LogP contribution in [0.5, 0.6) is 0 Å². The number of aliphatic hydroxyl groups is 1. The molecular formula is C111H143N19O3. The van der Waals surface area contributed by atoms with E-state index in [1.807, 2.05) is 134 Å². The van der Waals surface area contributed by atoms with Gasteiger partial charge in [0.05, 0.1) is 78.4 Å². The smallest absolute Gasteiger partial charge is 0.337 e. The molecule has 0 aliphatic heterocycles. The Kier molecular flexibility index (Phi) is 27.8. The third-order valence-electron chi connectivity index (χ3n) is 25.2. The lowest BCUT2D eigenvalue weighted by Gasteiger charge is -2.27. The molecule has 19 rings (SSSR count). The fraction of sp³-hybridized carbons (Fsp3) is 0.414. The molecule has 1 aliphatic carbocycles. The van der Waals surface area contributed by atoms with Crippen LogP contribution in [0.25, 0.3) is 121 Å². The van der Waals surface area contributed by atoms with Crippen LogP contribution >= 0.6 is 0 Å². The van der Waals surface area contributed by atoms with Gasteiger partial charge in [-0.15, -0.1) is 0 Å². The molecule has 1 aliphatic rings. The molecule has 0 amide bonds. The number of fused-ring (bicyclic) bond motifs is 7. The van der Waals surface area contributed by atoms with Crippen molar-refractivity contribution in [3.8, 4) is 44.9 Å². The highest BCUT2D eigenvalue weighted by atomic mass is 16.5. The van der Waals surface area contributed by atoms with Gasteiger partial charge in [-0.3, -0.25) is 37.9 Å². The van der Waals surface area contributed by atoms with Crippen LogP contribution in [0.3, 0.4) is 0 Å². The van der Waals surface area contributed by atoms with Gasteiger partial charge in [0.1, 0.15) is 17.1 Å². The predicted molar refractivity (Wildman–Crippen MR) is 550 cm³/mol. The summed E-state index contributed by atoms with van der Waals surface area (Å²) >= 11 is 0. The summed E-state index contributed by atoms with van der Waals surface area (Å²) < 4.78 is 24.7. The number of hydrogen-bond acceptors (Lipinski definition) is 11. The van der Waals surface area contributed by atoms with Crippen LogP contribution in [-0.2, 0) is 106 Å². The lowest BCUT2D eigenvalue weighted by atomic mass is 9.86. The van der Waals surface area contributed by atoms with Crippen molar-refractivity contribution in [2.75, 3.05) is 13.7 Å². The molecule has 0 radical (unpaired) electrons. The second kappa shape index (κ2) is 37.8.